The summed E-state index contributed by atoms with van der Waals surface area (Å²) in [4.78, 5) is 30.5. The van der Waals surface area contributed by atoms with Crippen LogP contribution in [0.25, 0.3) is 0 Å². The van der Waals surface area contributed by atoms with Crippen molar-refractivity contribution in [2.24, 2.45) is 0 Å². The van der Waals surface area contributed by atoms with Gasteiger partial charge in [-0.25, -0.2) is 0 Å². The fourth-order valence-corrected chi connectivity index (χ4v) is 3.51. The fourth-order valence-electron chi connectivity index (χ4n) is 3.30. The molecule has 25 heavy (non-hydrogen) atoms. The first-order valence-corrected chi connectivity index (χ1v) is 9.23. The average Bonchev–Trinajstić information content (AvgIpc) is 2.62. The average molecular weight is 365 g/mol. The van der Waals surface area contributed by atoms with E-state index in [4.69, 9.17) is 11.6 Å². The summed E-state index contributed by atoms with van der Waals surface area (Å²) in [6.07, 6.45) is 0.488. The summed E-state index contributed by atoms with van der Waals surface area (Å²) < 4.78 is 0. The molecule has 136 valence electrons. The second kappa shape index (κ2) is 8.65. The Bertz CT molecular complexity index is 619. The summed E-state index contributed by atoms with van der Waals surface area (Å²) in [6, 6.07) is 7.62. The van der Waals surface area contributed by atoms with Crippen molar-refractivity contribution >= 4 is 23.4 Å². The van der Waals surface area contributed by atoms with Gasteiger partial charge in [-0.3, -0.25) is 14.5 Å². The van der Waals surface area contributed by atoms with E-state index >= 15 is 0 Å². The lowest BCUT2D eigenvalue weighted by molar-refractivity contribution is -0.138. The molecular weight excluding hydrogens is 340 g/mol. The molecule has 2 aliphatic rings. The molecular formula is C18H25ClN4O2. The fraction of sp³-hybridized carbons (Fsp3) is 0.556. The first-order valence-electron chi connectivity index (χ1n) is 8.85. The zero-order valence-electron chi connectivity index (χ0n) is 14.4. The van der Waals surface area contributed by atoms with Crippen molar-refractivity contribution in [3.8, 4) is 0 Å². The zero-order valence-corrected chi connectivity index (χ0v) is 15.2. The Morgan fingerprint density at radius 3 is 2.68 bits per heavy atom. The largest absolute Gasteiger partial charge is 0.340 e. The number of hydrogen-bond acceptors (Lipinski definition) is 4. The molecule has 7 heteroatoms. The minimum absolute atomic E-state index is 0.112. The van der Waals surface area contributed by atoms with Crippen LogP contribution >= 0.6 is 11.6 Å². The van der Waals surface area contributed by atoms with Crippen molar-refractivity contribution in [3.05, 3.63) is 34.9 Å². The van der Waals surface area contributed by atoms with Gasteiger partial charge in [0.1, 0.15) is 0 Å². The normalized spacial score (nSPS) is 19.3. The highest BCUT2D eigenvalue weighted by Crippen LogP contribution is 2.14. The van der Waals surface area contributed by atoms with Crippen molar-refractivity contribution in [3.63, 3.8) is 0 Å². The van der Waals surface area contributed by atoms with Gasteiger partial charge in [-0.05, 0) is 17.7 Å². The lowest BCUT2D eigenvalue weighted by atomic mass is 10.2. The second-order valence-corrected chi connectivity index (χ2v) is 7.04. The Labute approximate surface area is 153 Å². The number of nitrogens with zero attached hydrogens (tertiary/aromatic N) is 3. The molecule has 0 saturated carbocycles. The Kier molecular flexibility index (Phi) is 6.29. The SMILES string of the molecule is O=C(CCN1CCN(Cc2cccc(Cl)c2)C(=O)C1)N1CCNCC1. The summed E-state index contributed by atoms with van der Waals surface area (Å²) in [6.45, 7) is 6.42. The number of hydrogen-bond donors (Lipinski definition) is 1. The molecule has 0 aromatic heterocycles. The summed E-state index contributed by atoms with van der Waals surface area (Å²) in [5, 5.41) is 3.94. The van der Waals surface area contributed by atoms with Gasteiger partial charge < -0.3 is 15.1 Å². The molecule has 2 aliphatic heterocycles. The van der Waals surface area contributed by atoms with Gasteiger partial charge in [0.15, 0.2) is 0 Å². The summed E-state index contributed by atoms with van der Waals surface area (Å²) >= 11 is 6.01. The molecule has 2 fully saturated rings. The van der Waals surface area contributed by atoms with Crippen molar-refractivity contribution < 1.29 is 9.59 Å². The lowest BCUT2D eigenvalue weighted by Gasteiger charge is -2.35. The molecule has 0 radical (unpaired) electrons. The molecule has 1 aromatic carbocycles. The van der Waals surface area contributed by atoms with E-state index < -0.39 is 0 Å². The van der Waals surface area contributed by atoms with E-state index in [0.29, 0.717) is 37.6 Å². The summed E-state index contributed by atoms with van der Waals surface area (Å²) in [7, 11) is 0. The van der Waals surface area contributed by atoms with Crippen molar-refractivity contribution in [1.82, 2.24) is 20.0 Å². The van der Waals surface area contributed by atoms with Gasteiger partial charge in [-0.2, -0.15) is 0 Å². The predicted molar refractivity (Wildman–Crippen MR) is 97.4 cm³/mol. The van der Waals surface area contributed by atoms with Gasteiger partial charge in [-0.1, -0.05) is 23.7 Å². The van der Waals surface area contributed by atoms with Crippen LogP contribution < -0.4 is 5.32 Å². The number of benzene rings is 1. The van der Waals surface area contributed by atoms with Gasteiger partial charge in [0, 0.05) is 63.8 Å². The Morgan fingerprint density at radius 1 is 1.16 bits per heavy atom. The molecule has 3 rings (SSSR count). The number of piperazine rings is 2. The Balaban J connectivity index is 1.43. The minimum atomic E-state index is 0.112. The molecule has 6 nitrogen and oxygen atoms in total. The number of carbonyl (C=O) groups is 2. The first-order chi connectivity index (χ1) is 12.1. The van der Waals surface area contributed by atoms with E-state index in [9.17, 15) is 9.59 Å². The maximum atomic E-state index is 12.4. The number of nitrogens with one attached hydrogen (secondary N) is 1. The van der Waals surface area contributed by atoms with Gasteiger partial charge in [0.05, 0.1) is 6.54 Å². The van der Waals surface area contributed by atoms with Crippen LogP contribution in [0.3, 0.4) is 0 Å². The molecule has 2 amide bonds. The summed E-state index contributed by atoms with van der Waals surface area (Å²) in [5.41, 5.74) is 1.04. The van der Waals surface area contributed by atoms with Crippen LogP contribution in [0.15, 0.2) is 24.3 Å². The smallest absolute Gasteiger partial charge is 0.237 e. The zero-order chi connectivity index (χ0) is 17.6. The third kappa shape index (κ3) is 5.17. The first kappa shape index (κ1) is 18.2. The standard InChI is InChI=1S/C18H25ClN4O2/c19-16-3-1-2-15(12-16)13-23-11-10-21(14-18(23)25)7-4-17(24)22-8-5-20-6-9-22/h1-3,12,20H,4-11,13-14H2. The highest BCUT2D eigenvalue weighted by atomic mass is 35.5. The summed E-state index contributed by atoms with van der Waals surface area (Å²) in [5.74, 6) is 0.302. The van der Waals surface area contributed by atoms with Crippen LogP contribution in [0.2, 0.25) is 5.02 Å². The lowest BCUT2D eigenvalue weighted by Crippen LogP contribution is -2.51. The van der Waals surface area contributed by atoms with Crippen molar-refractivity contribution in [2.75, 3.05) is 52.4 Å². The van der Waals surface area contributed by atoms with Gasteiger partial charge in [0.25, 0.3) is 0 Å². The van der Waals surface area contributed by atoms with E-state index in [0.717, 1.165) is 38.3 Å². The quantitative estimate of drug-likeness (QED) is 0.840. The molecule has 0 spiro atoms. The molecule has 2 saturated heterocycles. The molecule has 0 atom stereocenters. The molecule has 1 N–H and O–H groups in total. The third-order valence-electron chi connectivity index (χ3n) is 4.77. The van der Waals surface area contributed by atoms with Gasteiger partial charge in [-0.15, -0.1) is 0 Å². The van der Waals surface area contributed by atoms with Crippen molar-refractivity contribution in [1.29, 1.82) is 0 Å². The third-order valence-corrected chi connectivity index (χ3v) is 5.01. The van der Waals surface area contributed by atoms with Crippen LogP contribution in [0.5, 0.6) is 0 Å². The number of carbonyl (C=O) groups excluding carboxylic acids is 2. The number of rotatable bonds is 5. The van der Waals surface area contributed by atoms with Gasteiger partial charge in [0.2, 0.25) is 11.8 Å². The van der Waals surface area contributed by atoms with Crippen LogP contribution in [0.1, 0.15) is 12.0 Å². The predicted octanol–water partition coefficient (Wildman–Crippen LogP) is 0.806. The molecule has 0 unspecified atom stereocenters. The molecule has 0 bridgehead atoms. The molecule has 2 heterocycles. The highest BCUT2D eigenvalue weighted by molar-refractivity contribution is 6.30. The number of amides is 2. The maximum Gasteiger partial charge on any atom is 0.237 e. The van der Waals surface area contributed by atoms with E-state index in [1.807, 2.05) is 34.1 Å². The number of halogens is 1. The van der Waals surface area contributed by atoms with Crippen molar-refractivity contribution in [2.45, 2.75) is 13.0 Å². The van der Waals surface area contributed by atoms with Crippen LogP contribution in [0.4, 0.5) is 0 Å². The highest BCUT2D eigenvalue weighted by Gasteiger charge is 2.25. The van der Waals surface area contributed by atoms with E-state index in [1.165, 1.54) is 0 Å². The maximum absolute atomic E-state index is 12.4. The van der Waals surface area contributed by atoms with E-state index in [1.54, 1.807) is 0 Å². The van der Waals surface area contributed by atoms with Gasteiger partial charge >= 0.3 is 0 Å². The molecule has 0 aliphatic carbocycles. The van der Waals surface area contributed by atoms with Crippen LogP contribution in [-0.4, -0.2) is 78.9 Å². The van der Waals surface area contributed by atoms with E-state index in [-0.39, 0.29) is 11.8 Å². The minimum Gasteiger partial charge on any atom is -0.340 e. The van der Waals surface area contributed by atoms with Crippen LogP contribution in [-0.2, 0) is 16.1 Å². The molecule has 1 aromatic rings. The van der Waals surface area contributed by atoms with E-state index in [2.05, 4.69) is 10.2 Å². The van der Waals surface area contributed by atoms with Crippen LogP contribution in [0, 0.1) is 0 Å². The topological polar surface area (TPSA) is 55.9 Å². The Morgan fingerprint density at radius 2 is 1.96 bits per heavy atom. The Hall–Kier alpha value is -1.63. The second-order valence-electron chi connectivity index (χ2n) is 6.60. The monoisotopic (exact) mass is 364 g/mol.